The molecule has 0 unspecified atom stereocenters. The Balaban J connectivity index is 1.97. The molecule has 1 aliphatic rings. The summed E-state index contributed by atoms with van der Waals surface area (Å²) in [5.41, 5.74) is 6.67. The minimum atomic E-state index is -0.672. The van der Waals surface area contributed by atoms with Gasteiger partial charge in [-0.1, -0.05) is 0 Å². The number of nitrogen functional groups attached to an aromatic ring is 1. The van der Waals surface area contributed by atoms with Crippen molar-refractivity contribution in [3.05, 3.63) is 41.2 Å². The largest absolute Gasteiger partial charge is 0.383 e. The summed E-state index contributed by atoms with van der Waals surface area (Å²) in [4.78, 5) is 8.64. The molecule has 0 radical (unpaired) electrons. The molecule has 0 amide bonds. The summed E-state index contributed by atoms with van der Waals surface area (Å²) < 4.78 is 26.6. The molecular formula is C14H14F2N4. The smallest absolute Gasteiger partial charge is 0.149 e. The molecular weight excluding hydrogens is 262 g/mol. The zero-order valence-electron chi connectivity index (χ0n) is 11.0. The Morgan fingerprint density at radius 2 is 2.00 bits per heavy atom. The molecule has 2 aromatic rings. The molecule has 1 aliphatic carbocycles. The van der Waals surface area contributed by atoms with E-state index in [2.05, 4.69) is 15.3 Å². The quantitative estimate of drug-likeness (QED) is 0.903. The molecule has 1 aromatic carbocycles. The van der Waals surface area contributed by atoms with E-state index < -0.39 is 11.6 Å². The van der Waals surface area contributed by atoms with Crippen LogP contribution in [0.25, 0.3) is 0 Å². The first-order chi connectivity index (χ1) is 9.54. The van der Waals surface area contributed by atoms with Crippen molar-refractivity contribution in [1.29, 1.82) is 0 Å². The Hall–Kier alpha value is -2.24. The Kier molecular flexibility index (Phi) is 3.00. The molecule has 104 valence electrons. The summed E-state index contributed by atoms with van der Waals surface area (Å²) in [5.74, 6) is 0.576. The number of hydrogen-bond acceptors (Lipinski definition) is 4. The zero-order chi connectivity index (χ0) is 14.3. The number of anilines is 3. The highest BCUT2D eigenvalue weighted by Gasteiger charge is 2.28. The van der Waals surface area contributed by atoms with Crippen molar-refractivity contribution in [2.24, 2.45) is 0 Å². The predicted molar refractivity (Wildman–Crippen MR) is 72.8 cm³/mol. The molecule has 3 N–H and O–H groups in total. The van der Waals surface area contributed by atoms with E-state index in [0.29, 0.717) is 28.9 Å². The van der Waals surface area contributed by atoms with Crippen molar-refractivity contribution in [3.63, 3.8) is 0 Å². The molecule has 6 heteroatoms. The van der Waals surface area contributed by atoms with Gasteiger partial charge in [-0.3, -0.25) is 0 Å². The molecule has 1 fully saturated rings. The van der Waals surface area contributed by atoms with Crippen molar-refractivity contribution in [1.82, 2.24) is 9.97 Å². The highest BCUT2D eigenvalue weighted by molar-refractivity contribution is 5.64. The van der Waals surface area contributed by atoms with Gasteiger partial charge in [0.25, 0.3) is 0 Å². The van der Waals surface area contributed by atoms with Gasteiger partial charge in [-0.25, -0.2) is 18.7 Å². The van der Waals surface area contributed by atoms with E-state index in [9.17, 15) is 8.78 Å². The lowest BCUT2D eigenvalue weighted by molar-refractivity contribution is 0.586. The molecule has 0 saturated heterocycles. The first-order valence-electron chi connectivity index (χ1n) is 6.40. The maximum atomic E-state index is 13.7. The predicted octanol–water partition coefficient (Wildman–Crippen LogP) is 3.27. The van der Waals surface area contributed by atoms with Crippen molar-refractivity contribution in [2.45, 2.75) is 25.7 Å². The molecule has 1 aromatic heterocycles. The third kappa shape index (κ3) is 2.41. The van der Waals surface area contributed by atoms with Crippen LogP contribution >= 0.6 is 0 Å². The maximum absolute atomic E-state index is 13.7. The van der Waals surface area contributed by atoms with Crippen LogP contribution in [0.3, 0.4) is 0 Å². The van der Waals surface area contributed by atoms with E-state index in [0.717, 1.165) is 18.9 Å². The minimum Gasteiger partial charge on any atom is -0.383 e. The summed E-state index contributed by atoms with van der Waals surface area (Å²) in [6.45, 7) is 1.76. The molecule has 1 heterocycles. The monoisotopic (exact) mass is 276 g/mol. The summed E-state index contributed by atoms with van der Waals surface area (Å²) >= 11 is 0. The van der Waals surface area contributed by atoms with Gasteiger partial charge in [0.15, 0.2) is 0 Å². The Labute approximate surface area is 115 Å². The zero-order valence-corrected chi connectivity index (χ0v) is 11.0. The summed E-state index contributed by atoms with van der Waals surface area (Å²) in [7, 11) is 0. The fraction of sp³-hybridized carbons (Fsp3) is 0.286. The van der Waals surface area contributed by atoms with Crippen LogP contribution in [0.4, 0.5) is 26.1 Å². The van der Waals surface area contributed by atoms with Gasteiger partial charge in [-0.05, 0) is 31.9 Å². The molecule has 0 aliphatic heterocycles. The van der Waals surface area contributed by atoms with E-state index in [1.54, 1.807) is 6.92 Å². The Morgan fingerprint density at radius 1 is 1.25 bits per heavy atom. The average Bonchev–Trinajstić information content (AvgIpc) is 3.22. The standard InChI is InChI=1S/C14H14F2N4/c1-7-12(17)19-14(8-2-3-8)20-13(7)18-11-5-4-9(15)6-10(11)16/h4-6,8H,2-3H2,1H3,(H3,17,18,19,20). The van der Waals surface area contributed by atoms with E-state index in [-0.39, 0.29) is 5.69 Å². The normalized spacial score (nSPS) is 14.3. The number of benzene rings is 1. The van der Waals surface area contributed by atoms with Crippen LogP contribution in [0.15, 0.2) is 18.2 Å². The van der Waals surface area contributed by atoms with Crippen LogP contribution in [0.2, 0.25) is 0 Å². The highest BCUT2D eigenvalue weighted by Crippen LogP contribution is 2.39. The number of nitrogens with zero attached hydrogens (tertiary/aromatic N) is 2. The number of aromatic nitrogens is 2. The molecule has 0 atom stereocenters. The molecule has 3 rings (SSSR count). The van der Waals surface area contributed by atoms with E-state index in [1.165, 1.54) is 12.1 Å². The molecule has 20 heavy (non-hydrogen) atoms. The molecule has 0 bridgehead atoms. The topological polar surface area (TPSA) is 63.8 Å². The summed E-state index contributed by atoms with van der Waals surface area (Å²) in [5, 5.41) is 2.86. The van der Waals surface area contributed by atoms with Gasteiger partial charge in [-0.15, -0.1) is 0 Å². The van der Waals surface area contributed by atoms with Gasteiger partial charge in [-0.2, -0.15) is 0 Å². The third-order valence-corrected chi connectivity index (χ3v) is 3.33. The molecule has 4 nitrogen and oxygen atoms in total. The van der Waals surface area contributed by atoms with Crippen LogP contribution < -0.4 is 11.1 Å². The van der Waals surface area contributed by atoms with E-state index >= 15 is 0 Å². The van der Waals surface area contributed by atoms with Crippen molar-refractivity contribution in [3.8, 4) is 0 Å². The van der Waals surface area contributed by atoms with Crippen LogP contribution in [0, 0.1) is 18.6 Å². The average molecular weight is 276 g/mol. The number of hydrogen-bond donors (Lipinski definition) is 2. The number of nitrogens with one attached hydrogen (secondary N) is 1. The van der Waals surface area contributed by atoms with Gasteiger partial charge in [0.05, 0.1) is 5.69 Å². The van der Waals surface area contributed by atoms with E-state index in [1.807, 2.05) is 0 Å². The van der Waals surface area contributed by atoms with Crippen molar-refractivity contribution in [2.75, 3.05) is 11.1 Å². The third-order valence-electron chi connectivity index (χ3n) is 3.33. The second-order valence-electron chi connectivity index (χ2n) is 4.96. The lowest BCUT2D eigenvalue weighted by atomic mass is 10.2. The minimum absolute atomic E-state index is 0.161. The van der Waals surface area contributed by atoms with Gasteiger partial charge in [0.2, 0.25) is 0 Å². The van der Waals surface area contributed by atoms with Crippen LogP contribution in [0.5, 0.6) is 0 Å². The first kappa shape index (κ1) is 12.8. The number of halogens is 2. The Bertz CT molecular complexity index is 668. The van der Waals surface area contributed by atoms with Crippen molar-refractivity contribution < 1.29 is 8.78 Å². The second kappa shape index (κ2) is 4.70. The fourth-order valence-corrected chi connectivity index (χ4v) is 1.92. The maximum Gasteiger partial charge on any atom is 0.149 e. The van der Waals surface area contributed by atoms with Gasteiger partial charge in [0.1, 0.15) is 29.1 Å². The lowest BCUT2D eigenvalue weighted by Crippen LogP contribution is -2.07. The van der Waals surface area contributed by atoms with Gasteiger partial charge in [0, 0.05) is 17.5 Å². The second-order valence-corrected chi connectivity index (χ2v) is 4.96. The van der Waals surface area contributed by atoms with Crippen molar-refractivity contribution >= 4 is 17.3 Å². The van der Waals surface area contributed by atoms with Gasteiger partial charge < -0.3 is 11.1 Å². The fourth-order valence-electron chi connectivity index (χ4n) is 1.92. The number of rotatable bonds is 3. The van der Waals surface area contributed by atoms with E-state index in [4.69, 9.17) is 5.73 Å². The Morgan fingerprint density at radius 3 is 2.65 bits per heavy atom. The van der Waals surface area contributed by atoms with Crippen LogP contribution in [-0.2, 0) is 0 Å². The number of nitrogens with two attached hydrogens (primary N) is 1. The lowest BCUT2D eigenvalue weighted by Gasteiger charge is -2.12. The van der Waals surface area contributed by atoms with Crippen LogP contribution in [0.1, 0.15) is 30.1 Å². The molecule has 0 spiro atoms. The van der Waals surface area contributed by atoms with Gasteiger partial charge >= 0.3 is 0 Å². The molecule has 1 saturated carbocycles. The highest BCUT2D eigenvalue weighted by atomic mass is 19.1. The first-order valence-corrected chi connectivity index (χ1v) is 6.40. The van der Waals surface area contributed by atoms with Crippen LogP contribution in [-0.4, -0.2) is 9.97 Å². The SMILES string of the molecule is Cc1c(N)nc(C2CC2)nc1Nc1ccc(F)cc1F. The summed E-state index contributed by atoms with van der Waals surface area (Å²) in [6, 6.07) is 3.34. The summed E-state index contributed by atoms with van der Waals surface area (Å²) in [6.07, 6.45) is 2.10.